The smallest absolute Gasteiger partial charge is 0.0542 e. The highest BCUT2D eigenvalue weighted by molar-refractivity contribution is 5.21. The fourth-order valence-electron chi connectivity index (χ4n) is 0.885. The SMILES string of the molecule is CCN(C)[CH]c1ccccc1. The summed E-state index contributed by atoms with van der Waals surface area (Å²) in [6.45, 7) is 5.33. The molecule has 1 heteroatoms. The third-order valence-electron chi connectivity index (χ3n) is 1.67. The summed E-state index contributed by atoms with van der Waals surface area (Å²) in [6.07, 6.45) is 0. The van der Waals surface area contributed by atoms with Crippen molar-refractivity contribution in [1.29, 1.82) is 0 Å². The summed E-state index contributed by atoms with van der Waals surface area (Å²) >= 11 is 0. The van der Waals surface area contributed by atoms with Gasteiger partial charge in [0, 0.05) is 0 Å². The van der Waals surface area contributed by atoms with Crippen molar-refractivity contribution in [1.82, 2.24) is 4.90 Å². The maximum Gasteiger partial charge on any atom is 0.0542 e. The van der Waals surface area contributed by atoms with Gasteiger partial charge in [-0.05, 0) is 19.2 Å². The van der Waals surface area contributed by atoms with Crippen LogP contribution >= 0.6 is 0 Å². The zero-order chi connectivity index (χ0) is 8.10. The van der Waals surface area contributed by atoms with Gasteiger partial charge >= 0.3 is 0 Å². The maximum atomic E-state index is 2.16. The van der Waals surface area contributed by atoms with Gasteiger partial charge in [0.1, 0.15) is 0 Å². The van der Waals surface area contributed by atoms with Crippen LogP contribution < -0.4 is 0 Å². The number of nitrogens with zero attached hydrogens (tertiary/aromatic N) is 1. The van der Waals surface area contributed by atoms with Crippen LogP contribution in [0.1, 0.15) is 12.5 Å². The van der Waals surface area contributed by atoms with E-state index in [9.17, 15) is 0 Å². The van der Waals surface area contributed by atoms with Crippen molar-refractivity contribution < 1.29 is 0 Å². The van der Waals surface area contributed by atoms with Gasteiger partial charge in [-0.25, -0.2) is 0 Å². The van der Waals surface area contributed by atoms with Crippen LogP contribution in [0.15, 0.2) is 30.3 Å². The summed E-state index contributed by atoms with van der Waals surface area (Å²) in [5.41, 5.74) is 1.26. The molecule has 0 saturated carbocycles. The van der Waals surface area contributed by atoms with Crippen molar-refractivity contribution in [3.8, 4) is 0 Å². The molecule has 0 aliphatic rings. The highest BCUT2D eigenvalue weighted by Crippen LogP contribution is 2.03. The Labute approximate surface area is 68.7 Å². The molecule has 0 spiro atoms. The van der Waals surface area contributed by atoms with Gasteiger partial charge < -0.3 is 0 Å². The van der Waals surface area contributed by atoms with Crippen molar-refractivity contribution >= 4 is 0 Å². The van der Waals surface area contributed by atoms with E-state index in [-0.39, 0.29) is 0 Å². The van der Waals surface area contributed by atoms with Crippen molar-refractivity contribution in [3.05, 3.63) is 42.4 Å². The van der Waals surface area contributed by atoms with Gasteiger partial charge in [-0.3, -0.25) is 4.90 Å². The number of benzene rings is 1. The molecule has 0 saturated heterocycles. The lowest BCUT2D eigenvalue weighted by molar-refractivity contribution is 0.444. The minimum atomic E-state index is 1.05. The van der Waals surface area contributed by atoms with E-state index < -0.39 is 0 Å². The molecule has 59 valence electrons. The van der Waals surface area contributed by atoms with Crippen LogP contribution in [0.2, 0.25) is 0 Å². The molecule has 0 heterocycles. The molecule has 0 fully saturated rings. The lowest BCUT2D eigenvalue weighted by Crippen LogP contribution is -2.14. The molecule has 0 atom stereocenters. The first kappa shape index (κ1) is 8.28. The molecule has 1 aromatic carbocycles. The molecule has 0 unspecified atom stereocenters. The Hall–Kier alpha value is -0.820. The summed E-state index contributed by atoms with van der Waals surface area (Å²) < 4.78 is 0. The topological polar surface area (TPSA) is 3.24 Å². The first-order chi connectivity index (χ1) is 5.33. The molecule has 0 aliphatic heterocycles. The highest BCUT2D eigenvalue weighted by atomic mass is 15.1. The molecule has 1 aromatic rings. The van der Waals surface area contributed by atoms with Crippen LogP contribution in [0.25, 0.3) is 0 Å². The lowest BCUT2D eigenvalue weighted by atomic mass is 10.2. The quantitative estimate of drug-likeness (QED) is 0.635. The van der Waals surface area contributed by atoms with Gasteiger partial charge in [0.25, 0.3) is 0 Å². The molecule has 0 N–H and O–H groups in total. The van der Waals surface area contributed by atoms with E-state index in [0.29, 0.717) is 0 Å². The third-order valence-corrected chi connectivity index (χ3v) is 1.67. The van der Waals surface area contributed by atoms with E-state index in [1.165, 1.54) is 5.56 Å². The fraction of sp³-hybridized carbons (Fsp3) is 0.300. The molecule has 1 rings (SSSR count). The maximum absolute atomic E-state index is 2.16. The minimum Gasteiger partial charge on any atom is -0.298 e. The Morgan fingerprint density at radius 2 is 1.91 bits per heavy atom. The molecular formula is C10H14N. The van der Waals surface area contributed by atoms with Crippen LogP contribution in [0.4, 0.5) is 0 Å². The normalized spacial score (nSPS) is 10.5. The Balaban J connectivity index is 2.51. The van der Waals surface area contributed by atoms with Crippen LogP contribution in [-0.2, 0) is 0 Å². The van der Waals surface area contributed by atoms with Crippen molar-refractivity contribution in [2.45, 2.75) is 6.92 Å². The Morgan fingerprint density at radius 3 is 2.45 bits per heavy atom. The zero-order valence-electron chi connectivity index (χ0n) is 7.12. The van der Waals surface area contributed by atoms with Gasteiger partial charge in [-0.2, -0.15) is 0 Å². The second-order valence-electron chi connectivity index (χ2n) is 2.61. The van der Waals surface area contributed by atoms with Gasteiger partial charge in [0.05, 0.1) is 6.54 Å². The monoisotopic (exact) mass is 148 g/mol. The number of hydrogen-bond acceptors (Lipinski definition) is 1. The molecule has 0 aliphatic carbocycles. The van der Waals surface area contributed by atoms with E-state index in [2.05, 4.69) is 49.7 Å². The average Bonchev–Trinajstić information content (AvgIpc) is 2.06. The van der Waals surface area contributed by atoms with Crippen LogP contribution in [0, 0.1) is 6.54 Å². The van der Waals surface area contributed by atoms with Crippen molar-refractivity contribution in [2.75, 3.05) is 13.6 Å². The van der Waals surface area contributed by atoms with Gasteiger partial charge in [0.15, 0.2) is 0 Å². The molecule has 1 radical (unpaired) electrons. The van der Waals surface area contributed by atoms with Crippen molar-refractivity contribution in [2.24, 2.45) is 0 Å². The zero-order valence-corrected chi connectivity index (χ0v) is 7.12. The summed E-state index contributed by atoms with van der Waals surface area (Å²) in [4.78, 5) is 2.16. The predicted molar refractivity (Wildman–Crippen MR) is 48.1 cm³/mol. The fourth-order valence-corrected chi connectivity index (χ4v) is 0.885. The molecule has 0 bridgehead atoms. The minimum absolute atomic E-state index is 1.05. The van der Waals surface area contributed by atoms with E-state index in [1.807, 2.05) is 6.07 Å². The summed E-state index contributed by atoms with van der Waals surface area (Å²) in [5, 5.41) is 0. The Bertz CT molecular complexity index is 193. The van der Waals surface area contributed by atoms with Crippen LogP contribution in [0.5, 0.6) is 0 Å². The number of rotatable bonds is 3. The standard InChI is InChI=1S/C10H14N/c1-3-11(2)9-10-7-5-4-6-8-10/h4-9H,3H2,1-2H3. The van der Waals surface area contributed by atoms with Crippen molar-refractivity contribution in [3.63, 3.8) is 0 Å². The Morgan fingerprint density at radius 1 is 1.27 bits per heavy atom. The van der Waals surface area contributed by atoms with E-state index in [1.54, 1.807) is 0 Å². The second kappa shape index (κ2) is 4.14. The lowest BCUT2D eigenvalue weighted by Gasteiger charge is -2.12. The first-order valence-corrected chi connectivity index (χ1v) is 3.93. The molecule has 0 amide bonds. The van der Waals surface area contributed by atoms with E-state index in [4.69, 9.17) is 0 Å². The van der Waals surface area contributed by atoms with Gasteiger partial charge in [0.2, 0.25) is 0 Å². The third kappa shape index (κ3) is 2.72. The first-order valence-electron chi connectivity index (χ1n) is 3.93. The summed E-state index contributed by atoms with van der Waals surface area (Å²) in [7, 11) is 2.08. The average molecular weight is 148 g/mol. The largest absolute Gasteiger partial charge is 0.298 e. The molecule has 1 nitrogen and oxygen atoms in total. The van der Waals surface area contributed by atoms with E-state index in [0.717, 1.165) is 6.54 Å². The summed E-state index contributed by atoms with van der Waals surface area (Å²) in [5.74, 6) is 0. The number of hydrogen-bond donors (Lipinski definition) is 0. The van der Waals surface area contributed by atoms with Gasteiger partial charge in [-0.1, -0.05) is 37.3 Å². The summed E-state index contributed by atoms with van der Waals surface area (Å²) in [6, 6.07) is 10.3. The molecular weight excluding hydrogens is 134 g/mol. The van der Waals surface area contributed by atoms with Crippen LogP contribution in [0.3, 0.4) is 0 Å². The van der Waals surface area contributed by atoms with Gasteiger partial charge in [-0.15, -0.1) is 0 Å². The molecule has 0 aromatic heterocycles. The second-order valence-corrected chi connectivity index (χ2v) is 2.61. The van der Waals surface area contributed by atoms with E-state index >= 15 is 0 Å². The highest BCUT2D eigenvalue weighted by Gasteiger charge is 1.95. The molecule has 11 heavy (non-hydrogen) atoms. The Kier molecular flexibility index (Phi) is 3.12. The van der Waals surface area contributed by atoms with Crippen LogP contribution in [-0.4, -0.2) is 18.5 Å². The predicted octanol–water partition coefficient (Wildman–Crippen LogP) is 2.15.